The van der Waals surface area contributed by atoms with Crippen LogP contribution in [0.1, 0.15) is 238 Å². The van der Waals surface area contributed by atoms with E-state index in [0.717, 1.165) is 49.7 Å². The molecular formula is C48H85O3PS2. The molecule has 3 atom stereocenters. The number of unbranched alkanes of at least 4 members (excludes halogenated alkanes) is 24. The summed E-state index contributed by atoms with van der Waals surface area (Å²) in [6, 6.07) is 3.89. The number of thiol groups is 2. The summed E-state index contributed by atoms with van der Waals surface area (Å²) in [7, 11) is 1.42. The van der Waals surface area contributed by atoms with Gasteiger partial charge >= 0.3 is 0 Å². The summed E-state index contributed by atoms with van der Waals surface area (Å²) in [4.78, 5) is 33.9. The van der Waals surface area contributed by atoms with E-state index in [-0.39, 0.29) is 22.1 Å². The molecule has 0 spiro atoms. The van der Waals surface area contributed by atoms with Gasteiger partial charge in [0.05, 0.1) is 10.5 Å². The molecule has 1 rings (SSSR count). The number of benzene rings is 1. The predicted octanol–water partition coefficient (Wildman–Crippen LogP) is 15.9. The summed E-state index contributed by atoms with van der Waals surface area (Å²) in [5.74, 6) is 0.102. The predicted molar refractivity (Wildman–Crippen MR) is 250 cm³/mol. The highest BCUT2D eigenvalue weighted by Gasteiger charge is 2.24. The van der Waals surface area contributed by atoms with Crippen molar-refractivity contribution in [2.45, 2.75) is 231 Å². The van der Waals surface area contributed by atoms with Crippen molar-refractivity contribution in [2.75, 3.05) is 0 Å². The van der Waals surface area contributed by atoms with E-state index >= 15 is 0 Å². The fourth-order valence-corrected chi connectivity index (χ4v) is 7.81. The first-order chi connectivity index (χ1) is 26.3. The molecule has 312 valence electrons. The molecule has 0 amide bonds. The summed E-state index contributed by atoms with van der Waals surface area (Å²) in [5, 5.41) is -0.652. The van der Waals surface area contributed by atoms with Crippen molar-refractivity contribution in [3.05, 3.63) is 58.7 Å². The molecule has 1 aromatic carbocycles. The smallest absolute Gasteiger partial charge is 0.175 e. The van der Waals surface area contributed by atoms with E-state index in [1.54, 1.807) is 0 Å². The van der Waals surface area contributed by atoms with Crippen molar-refractivity contribution >= 4 is 46.3 Å². The number of carbonyl (C=O) groups is 2. The van der Waals surface area contributed by atoms with Crippen LogP contribution in [0.25, 0.3) is 0 Å². The zero-order valence-corrected chi connectivity index (χ0v) is 38.5. The van der Waals surface area contributed by atoms with E-state index in [2.05, 4.69) is 38.2 Å². The maximum absolute atomic E-state index is 13.5. The van der Waals surface area contributed by atoms with Crippen LogP contribution in [0.2, 0.25) is 0 Å². The normalized spacial score (nSPS) is 12.7. The van der Waals surface area contributed by atoms with Gasteiger partial charge in [-0.2, -0.15) is 25.3 Å². The highest BCUT2D eigenvalue weighted by molar-refractivity contribution is 7.82. The molecule has 0 aliphatic carbocycles. The molecule has 0 radical (unpaired) electrons. The molecule has 6 heteroatoms. The van der Waals surface area contributed by atoms with Gasteiger partial charge in [-0.1, -0.05) is 167 Å². The van der Waals surface area contributed by atoms with Crippen molar-refractivity contribution in [3.63, 3.8) is 0 Å². The van der Waals surface area contributed by atoms with Crippen LogP contribution in [0.15, 0.2) is 36.4 Å². The monoisotopic (exact) mass is 805 g/mol. The van der Waals surface area contributed by atoms with Gasteiger partial charge in [0.2, 0.25) is 0 Å². The third-order valence-electron chi connectivity index (χ3n) is 10.7. The second-order valence-corrected chi connectivity index (χ2v) is 16.9. The fourth-order valence-electron chi connectivity index (χ4n) is 7.16. The van der Waals surface area contributed by atoms with E-state index in [4.69, 9.17) is 30.2 Å². The highest BCUT2D eigenvalue weighted by Crippen LogP contribution is 2.26. The SMILES string of the molecule is CCCCCCCC/C=C\CCCCCCCCC(S)C(=O)c1cc(C)cc(C(=O)C(S)CCCCCCCC/C=C\CCCCCCCC)c1C.OP. The molecule has 0 saturated carbocycles. The van der Waals surface area contributed by atoms with Crippen LogP contribution in [0.4, 0.5) is 0 Å². The van der Waals surface area contributed by atoms with Gasteiger partial charge in [-0.05, 0) is 111 Å². The van der Waals surface area contributed by atoms with Crippen LogP contribution in [-0.4, -0.2) is 27.0 Å². The number of Topliss-reactive ketones (excluding diaryl/α,β-unsaturated/α-hetero) is 2. The zero-order chi connectivity index (χ0) is 40.1. The molecule has 0 aliphatic heterocycles. The fraction of sp³-hybridized carbons (Fsp3) is 0.750. The van der Waals surface area contributed by atoms with Gasteiger partial charge in [0, 0.05) is 11.1 Å². The van der Waals surface area contributed by atoms with E-state index in [0.29, 0.717) is 11.1 Å². The number of aryl methyl sites for hydroxylation is 1. The first kappa shape index (κ1) is 53.1. The summed E-state index contributed by atoms with van der Waals surface area (Å²) >= 11 is 9.47. The van der Waals surface area contributed by atoms with Gasteiger partial charge in [-0.15, -0.1) is 0 Å². The third-order valence-corrected chi connectivity index (χ3v) is 11.7. The minimum atomic E-state index is -0.326. The van der Waals surface area contributed by atoms with E-state index in [1.807, 2.05) is 26.0 Å². The van der Waals surface area contributed by atoms with Crippen LogP contribution in [0, 0.1) is 13.8 Å². The summed E-state index contributed by atoms with van der Waals surface area (Å²) in [6.45, 7) is 8.45. The lowest BCUT2D eigenvalue weighted by molar-refractivity contribution is 0.0985. The first-order valence-corrected chi connectivity index (χ1v) is 24.0. The minimum Gasteiger partial charge on any atom is -0.380 e. The molecule has 0 heterocycles. The Morgan fingerprint density at radius 1 is 0.500 bits per heavy atom. The zero-order valence-electron chi connectivity index (χ0n) is 35.6. The number of carbonyl (C=O) groups excluding carboxylic acids is 2. The van der Waals surface area contributed by atoms with E-state index < -0.39 is 0 Å². The Balaban J connectivity index is 0.0000138. The molecule has 1 N–H and O–H groups in total. The Labute approximate surface area is 348 Å². The second kappa shape index (κ2) is 39.0. The van der Waals surface area contributed by atoms with E-state index in [9.17, 15) is 9.59 Å². The first-order valence-electron chi connectivity index (χ1n) is 22.4. The number of hydrogen-bond donors (Lipinski definition) is 3. The van der Waals surface area contributed by atoms with Crippen LogP contribution in [-0.2, 0) is 0 Å². The minimum absolute atomic E-state index is 0.0512. The average molecular weight is 805 g/mol. The van der Waals surface area contributed by atoms with Gasteiger partial charge < -0.3 is 4.89 Å². The van der Waals surface area contributed by atoms with Gasteiger partial charge in [0.15, 0.2) is 11.6 Å². The Kier molecular flexibility index (Phi) is 38.4. The average Bonchev–Trinajstić information content (AvgIpc) is 3.18. The van der Waals surface area contributed by atoms with Crippen molar-refractivity contribution < 1.29 is 14.5 Å². The van der Waals surface area contributed by atoms with Crippen LogP contribution >= 0.6 is 34.7 Å². The molecule has 3 unspecified atom stereocenters. The lowest BCUT2D eigenvalue weighted by Crippen LogP contribution is -2.21. The number of allylic oxidation sites excluding steroid dienone is 4. The van der Waals surface area contributed by atoms with Crippen molar-refractivity contribution in [1.82, 2.24) is 0 Å². The Morgan fingerprint density at radius 2 is 0.759 bits per heavy atom. The lowest BCUT2D eigenvalue weighted by Gasteiger charge is -2.17. The van der Waals surface area contributed by atoms with Gasteiger partial charge in [0.1, 0.15) is 0 Å². The van der Waals surface area contributed by atoms with Crippen molar-refractivity contribution in [1.29, 1.82) is 0 Å². The standard InChI is InChI=1S/C48H82O2S2.H3OP/c1-5-7-9-11-13-15-17-19-21-23-25-27-29-31-33-35-37-45(51)47(49)43-39-41(3)40-44(42(43)4)48(50)46(52)38-36-34-32-30-28-26-24-22-20-18-16-14-12-10-8-6-2;1-2/h19-22,39-40,45-46,51-52H,5-18,23-38H2,1-4H3;1H,2H2/b21-19-,22-20-;. The molecule has 0 fully saturated rings. The molecule has 0 bridgehead atoms. The number of hydrogen-bond acceptors (Lipinski definition) is 5. The topological polar surface area (TPSA) is 54.4 Å². The van der Waals surface area contributed by atoms with Crippen molar-refractivity contribution in [2.24, 2.45) is 0 Å². The summed E-state index contributed by atoms with van der Waals surface area (Å²) in [6.07, 6.45) is 46.8. The largest absolute Gasteiger partial charge is 0.380 e. The molecule has 0 aromatic heterocycles. The highest BCUT2D eigenvalue weighted by atomic mass is 32.1. The maximum atomic E-state index is 13.5. The summed E-state index contributed by atoms with van der Waals surface area (Å²) < 4.78 is 0. The Bertz CT molecular complexity index is 1020. The molecular weight excluding hydrogens is 720 g/mol. The number of rotatable bonds is 36. The van der Waals surface area contributed by atoms with Crippen LogP contribution in [0.5, 0.6) is 0 Å². The quantitative estimate of drug-likeness (QED) is 0.0208. The third kappa shape index (κ3) is 28.5. The van der Waals surface area contributed by atoms with Gasteiger partial charge in [-0.3, -0.25) is 9.59 Å². The van der Waals surface area contributed by atoms with Crippen molar-refractivity contribution in [3.8, 4) is 0 Å². The Morgan fingerprint density at radius 3 is 1.06 bits per heavy atom. The Hall–Kier alpha value is -0.870. The molecule has 54 heavy (non-hydrogen) atoms. The van der Waals surface area contributed by atoms with Crippen LogP contribution < -0.4 is 0 Å². The van der Waals surface area contributed by atoms with Gasteiger partial charge in [0.25, 0.3) is 0 Å². The molecule has 0 saturated heterocycles. The second-order valence-electron chi connectivity index (χ2n) is 15.7. The van der Waals surface area contributed by atoms with Gasteiger partial charge in [-0.25, -0.2) is 0 Å². The number of ketones is 2. The lowest BCUT2D eigenvalue weighted by atomic mass is 9.90. The molecule has 0 aliphatic rings. The van der Waals surface area contributed by atoms with Crippen LogP contribution in [0.3, 0.4) is 0 Å². The summed E-state index contributed by atoms with van der Waals surface area (Å²) in [5.41, 5.74) is 3.06. The molecule has 3 nitrogen and oxygen atoms in total. The maximum Gasteiger partial charge on any atom is 0.175 e. The molecule has 1 aromatic rings. The van der Waals surface area contributed by atoms with E-state index in [1.165, 1.54) is 164 Å².